The van der Waals surface area contributed by atoms with Crippen LogP contribution in [-0.4, -0.2) is 46.0 Å². The van der Waals surface area contributed by atoms with Crippen LogP contribution in [0.4, 0.5) is 0 Å². The van der Waals surface area contributed by atoms with E-state index in [0.29, 0.717) is 24.3 Å². The summed E-state index contributed by atoms with van der Waals surface area (Å²) in [4.78, 5) is 4.74. The Morgan fingerprint density at radius 3 is 2.35 bits per heavy atom. The molecule has 0 radical (unpaired) electrons. The molecule has 1 aliphatic carbocycles. The van der Waals surface area contributed by atoms with Gasteiger partial charge in [-0.25, -0.2) is 8.42 Å². The van der Waals surface area contributed by atoms with Crippen LogP contribution in [0.3, 0.4) is 0 Å². The van der Waals surface area contributed by atoms with Crippen LogP contribution in [0.5, 0.6) is 0 Å². The molecule has 0 atom stereocenters. The third kappa shape index (κ3) is 9.74. The zero-order valence-corrected chi connectivity index (χ0v) is 18.2. The van der Waals surface area contributed by atoms with Crippen molar-refractivity contribution >= 4 is 39.8 Å². The average molecular weight is 459 g/mol. The highest BCUT2D eigenvalue weighted by atomic mass is 127. The quantitative estimate of drug-likeness (QED) is 0.241. The Labute approximate surface area is 159 Å². The van der Waals surface area contributed by atoms with Gasteiger partial charge in [0, 0.05) is 25.9 Å². The fourth-order valence-corrected chi connectivity index (χ4v) is 3.77. The first kappa shape index (κ1) is 22.9. The van der Waals surface area contributed by atoms with E-state index >= 15 is 0 Å². The molecule has 138 valence electrons. The number of rotatable bonds is 9. The summed E-state index contributed by atoms with van der Waals surface area (Å²) in [6.07, 6.45) is 7.01. The number of guanidine groups is 1. The van der Waals surface area contributed by atoms with E-state index in [4.69, 9.17) is 4.99 Å². The van der Waals surface area contributed by atoms with E-state index in [9.17, 15) is 8.42 Å². The molecule has 0 bridgehead atoms. The number of nitrogens with one attached hydrogen (secondary N) is 2. The molecule has 23 heavy (non-hydrogen) atoms. The van der Waals surface area contributed by atoms with E-state index in [-0.39, 0.29) is 29.7 Å². The minimum atomic E-state index is -2.88. The molecule has 1 fully saturated rings. The summed E-state index contributed by atoms with van der Waals surface area (Å²) in [5.41, 5.74) is 0.392. The van der Waals surface area contributed by atoms with E-state index in [2.05, 4.69) is 24.5 Å². The summed E-state index contributed by atoms with van der Waals surface area (Å²) in [6.45, 7) is 8.91. The van der Waals surface area contributed by atoms with Gasteiger partial charge in [-0.2, -0.15) is 0 Å². The van der Waals surface area contributed by atoms with Gasteiger partial charge in [0.1, 0.15) is 9.84 Å². The van der Waals surface area contributed by atoms with Gasteiger partial charge in [-0.1, -0.05) is 20.3 Å². The number of hydrogen-bond acceptors (Lipinski definition) is 3. The Balaban J connectivity index is 0.00000484. The van der Waals surface area contributed by atoms with Crippen molar-refractivity contribution in [3.05, 3.63) is 0 Å². The van der Waals surface area contributed by atoms with Gasteiger partial charge >= 0.3 is 0 Å². The maximum absolute atomic E-state index is 11.1. The summed E-state index contributed by atoms with van der Waals surface area (Å²) < 4.78 is 22.3. The van der Waals surface area contributed by atoms with Crippen LogP contribution >= 0.6 is 24.0 Å². The summed E-state index contributed by atoms with van der Waals surface area (Å²) in [5.74, 6) is 1.74. The van der Waals surface area contributed by atoms with Crippen LogP contribution in [-0.2, 0) is 9.84 Å². The predicted octanol–water partition coefficient (Wildman–Crippen LogP) is 2.81. The van der Waals surface area contributed by atoms with Crippen molar-refractivity contribution in [3.8, 4) is 0 Å². The lowest BCUT2D eigenvalue weighted by Crippen LogP contribution is -2.40. The van der Waals surface area contributed by atoms with Crippen molar-refractivity contribution in [3.63, 3.8) is 0 Å². The number of aliphatic imine (C=N–C) groups is 1. The average Bonchev–Trinajstić information content (AvgIpc) is 2.35. The summed E-state index contributed by atoms with van der Waals surface area (Å²) in [6, 6.07) is 0. The zero-order valence-electron chi connectivity index (χ0n) is 15.0. The molecule has 0 aliphatic heterocycles. The molecule has 7 heteroatoms. The van der Waals surface area contributed by atoms with Gasteiger partial charge in [-0.05, 0) is 43.9 Å². The van der Waals surface area contributed by atoms with Crippen LogP contribution in [0.2, 0.25) is 0 Å². The van der Waals surface area contributed by atoms with Gasteiger partial charge in [0.25, 0.3) is 0 Å². The lowest BCUT2D eigenvalue weighted by molar-refractivity contribution is 0.111. The van der Waals surface area contributed by atoms with E-state index in [0.717, 1.165) is 19.0 Å². The van der Waals surface area contributed by atoms with Gasteiger partial charge < -0.3 is 10.6 Å². The Bertz CT molecular complexity index is 460. The summed E-state index contributed by atoms with van der Waals surface area (Å²) >= 11 is 0. The van der Waals surface area contributed by atoms with Gasteiger partial charge in [0.15, 0.2) is 5.96 Å². The summed E-state index contributed by atoms with van der Waals surface area (Å²) in [7, 11) is -2.88. The monoisotopic (exact) mass is 459 g/mol. The largest absolute Gasteiger partial charge is 0.357 e. The van der Waals surface area contributed by atoms with E-state index in [1.165, 1.54) is 31.9 Å². The molecule has 1 rings (SSSR count). The standard InChI is InChI=1S/C16H33N3O2S.HI/c1-5-17-15(18-10-7-11-22(4,20)21)19-13-16(8-6-9-16)12-14(2)3;/h14H,5-13H2,1-4H3,(H2,17,18,19);1H. The van der Waals surface area contributed by atoms with Crippen LogP contribution < -0.4 is 10.6 Å². The third-order valence-corrected chi connectivity index (χ3v) is 5.19. The van der Waals surface area contributed by atoms with E-state index in [1.54, 1.807) is 0 Å². The fraction of sp³-hybridized carbons (Fsp3) is 0.938. The molecule has 0 saturated heterocycles. The molecule has 0 aromatic heterocycles. The van der Waals surface area contributed by atoms with Crippen LogP contribution in [0.1, 0.15) is 52.9 Å². The van der Waals surface area contributed by atoms with Gasteiger partial charge in [-0.3, -0.25) is 4.99 Å². The van der Waals surface area contributed by atoms with Gasteiger partial charge in [-0.15, -0.1) is 24.0 Å². The smallest absolute Gasteiger partial charge is 0.191 e. The molecule has 0 unspecified atom stereocenters. The topological polar surface area (TPSA) is 70.6 Å². The molecule has 0 aromatic carbocycles. The Kier molecular flexibility index (Phi) is 10.7. The Morgan fingerprint density at radius 2 is 1.91 bits per heavy atom. The molecule has 0 aromatic rings. The number of nitrogens with zero attached hydrogens (tertiary/aromatic N) is 1. The highest BCUT2D eigenvalue weighted by Crippen LogP contribution is 2.46. The Hall–Kier alpha value is -0.0500. The predicted molar refractivity (Wildman–Crippen MR) is 109 cm³/mol. The van der Waals surface area contributed by atoms with Gasteiger partial charge in [0.2, 0.25) is 0 Å². The van der Waals surface area contributed by atoms with Crippen molar-refractivity contribution in [1.82, 2.24) is 10.6 Å². The van der Waals surface area contributed by atoms with Crippen molar-refractivity contribution in [1.29, 1.82) is 0 Å². The minimum Gasteiger partial charge on any atom is -0.357 e. The van der Waals surface area contributed by atoms with Crippen molar-refractivity contribution in [2.45, 2.75) is 52.9 Å². The molecule has 0 heterocycles. The van der Waals surface area contributed by atoms with Crippen molar-refractivity contribution < 1.29 is 8.42 Å². The van der Waals surface area contributed by atoms with Crippen molar-refractivity contribution in [2.24, 2.45) is 16.3 Å². The Morgan fingerprint density at radius 1 is 1.26 bits per heavy atom. The molecule has 1 saturated carbocycles. The van der Waals surface area contributed by atoms with E-state index < -0.39 is 9.84 Å². The van der Waals surface area contributed by atoms with Crippen LogP contribution in [0.15, 0.2) is 4.99 Å². The van der Waals surface area contributed by atoms with Crippen molar-refractivity contribution in [2.75, 3.05) is 31.6 Å². The molecular formula is C16H34IN3O2S. The van der Waals surface area contributed by atoms with Crippen LogP contribution in [0, 0.1) is 11.3 Å². The molecule has 0 amide bonds. The first-order chi connectivity index (χ1) is 10.3. The second-order valence-electron chi connectivity index (χ2n) is 7.06. The molecule has 5 nitrogen and oxygen atoms in total. The second-order valence-corrected chi connectivity index (χ2v) is 9.32. The zero-order chi connectivity index (χ0) is 16.6. The van der Waals surface area contributed by atoms with Crippen LogP contribution in [0.25, 0.3) is 0 Å². The minimum absolute atomic E-state index is 0. The molecular weight excluding hydrogens is 425 g/mol. The normalized spacial score (nSPS) is 17.3. The van der Waals surface area contributed by atoms with Gasteiger partial charge in [0.05, 0.1) is 5.75 Å². The fourth-order valence-electron chi connectivity index (χ4n) is 3.10. The van der Waals surface area contributed by atoms with E-state index in [1.807, 2.05) is 6.92 Å². The number of halogens is 1. The lowest BCUT2D eigenvalue weighted by atomic mass is 9.64. The number of sulfone groups is 1. The third-order valence-electron chi connectivity index (χ3n) is 4.16. The second kappa shape index (κ2) is 10.7. The summed E-state index contributed by atoms with van der Waals surface area (Å²) in [5, 5.41) is 6.49. The number of hydrogen-bond donors (Lipinski definition) is 2. The first-order valence-electron chi connectivity index (χ1n) is 8.46. The highest BCUT2D eigenvalue weighted by Gasteiger charge is 2.37. The molecule has 0 spiro atoms. The highest BCUT2D eigenvalue weighted by molar-refractivity contribution is 14.0. The molecule has 1 aliphatic rings. The maximum atomic E-state index is 11.1. The first-order valence-corrected chi connectivity index (χ1v) is 10.5. The lowest BCUT2D eigenvalue weighted by Gasteiger charge is -2.42. The molecule has 2 N–H and O–H groups in total. The maximum Gasteiger partial charge on any atom is 0.191 e. The SMILES string of the molecule is CCNC(=NCC1(CC(C)C)CCC1)NCCCS(C)(=O)=O.I.